The quantitative estimate of drug-likeness (QED) is 0.299. The van der Waals surface area contributed by atoms with Crippen LogP contribution >= 0.6 is 0 Å². The topological polar surface area (TPSA) is 126 Å². The molecule has 1 amide bonds. The highest BCUT2D eigenvalue weighted by Gasteiger charge is 2.24. The Balaban J connectivity index is 1.58. The monoisotopic (exact) mass is 498 g/mol. The summed E-state index contributed by atoms with van der Waals surface area (Å²) in [4.78, 5) is 41.8. The van der Waals surface area contributed by atoms with E-state index in [4.69, 9.17) is 4.74 Å². The van der Waals surface area contributed by atoms with Crippen LogP contribution in [-0.4, -0.2) is 46.2 Å². The van der Waals surface area contributed by atoms with Crippen molar-refractivity contribution in [3.63, 3.8) is 0 Å². The van der Waals surface area contributed by atoms with E-state index in [9.17, 15) is 24.6 Å². The number of rotatable bonds is 9. The van der Waals surface area contributed by atoms with Crippen LogP contribution in [0.3, 0.4) is 0 Å². The van der Waals surface area contributed by atoms with Gasteiger partial charge in [0.05, 0.1) is 18.2 Å². The van der Waals surface area contributed by atoms with E-state index in [1.165, 1.54) is 30.9 Å². The Bertz CT molecular complexity index is 1430. The molecular weight excluding hydrogens is 472 g/mol. The molecule has 188 valence electrons. The third kappa shape index (κ3) is 6.29. The Morgan fingerprint density at radius 3 is 2.24 bits per heavy atom. The number of aromatic hydroxyl groups is 1. The fourth-order valence-electron chi connectivity index (χ4n) is 4.09. The molecule has 0 saturated heterocycles. The van der Waals surface area contributed by atoms with Crippen molar-refractivity contribution < 1.29 is 29.3 Å². The lowest BCUT2D eigenvalue weighted by molar-refractivity contribution is -0.142. The number of pyridine rings is 1. The molecule has 0 fully saturated rings. The lowest BCUT2D eigenvalue weighted by atomic mass is 10.00. The van der Waals surface area contributed by atoms with Crippen molar-refractivity contribution in [2.45, 2.75) is 25.3 Å². The maximum Gasteiger partial charge on any atom is 0.336 e. The first-order valence-electron chi connectivity index (χ1n) is 11.7. The minimum absolute atomic E-state index is 0.0511. The Kier molecular flexibility index (Phi) is 7.78. The summed E-state index contributed by atoms with van der Waals surface area (Å²) in [6, 6.07) is 21.7. The number of methoxy groups -OCH3 is 1. The van der Waals surface area contributed by atoms with Gasteiger partial charge in [-0.1, -0.05) is 48.5 Å². The number of carboxylic acids is 1. The molecule has 1 aromatic heterocycles. The van der Waals surface area contributed by atoms with Gasteiger partial charge in [0, 0.05) is 11.8 Å². The van der Waals surface area contributed by atoms with Crippen LogP contribution in [0.2, 0.25) is 0 Å². The molecule has 0 spiro atoms. The maximum atomic E-state index is 13.1. The standard InChI is InChI=1S/C29H26N2O6/c1-37-29(36)26(16-20-9-12-21(32)13-10-20)31-27(33)25-17-23(28(34)35)22-15-19(11-14-24(22)30-25)8-7-18-5-3-2-4-6-18/h2-6,9-15,17,26,32H,7-8,16H2,1H3,(H,31,33)(H,34,35)/t26-/m0/s1. The smallest absolute Gasteiger partial charge is 0.336 e. The molecule has 1 heterocycles. The number of ether oxygens (including phenoxy) is 1. The third-order valence-corrected chi connectivity index (χ3v) is 6.05. The number of benzene rings is 3. The second kappa shape index (κ2) is 11.3. The van der Waals surface area contributed by atoms with Crippen molar-refractivity contribution in [3.8, 4) is 5.75 Å². The minimum Gasteiger partial charge on any atom is -0.508 e. The van der Waals surface area contributed by atoms with Gasteiger partial charge in [0.15, 0.2) is 0 Å². The van der Waals surface area contributed by atoms with E-state index in [0.29, 0.717) is 16.5 Å². The van der Waals surface area contributed by atoms with E-state index in [0.717, 1.165) is 18.4 Å². The first kappa shape index (κ1) is 25.4. The fraction of sp³-hybridized carbons (Fsp3) is 0.172. The highest BCUT2D eigenvalue weighted by atomic mass is 16.5. The Morgan fingerprint density at radius 1 is 0.892 bits per heavy atom. The second-order valence-corrected chi connectivity index (χ2v) is 8.62. The first-order valence-corrected chi connectivity index (χ1v) is 11.7. The fourth-order valence-corrected chi connectivity index (χ4v) is 4.09. The zero-order valence-corrected chi connectivity index (χ0v) is 20.2. The molecule has 1 atom stereocenters. The second-order valence-electron chi connectivity index (χ2n) is 8.62. The molecular formula is C29H26N2O6. The van der Waals surface area contributed by atoms with Gasteiger partial charge < -0.3 is 20.3 Å². The van der Waals surface area contributed by atoms with Crippen molar-refractivity contribution >= 4 is 28.7 Å². The summed E-state index contributed by atoms with van der Waals surface area (Å²) in [6.07, 6.45) is 1.64. The molecule has 0 aliphatic heterocycles. The van der Waals surface area contributed by atoms with Crippen LogP contribution in [0, 0.1) is 0 Å². The van der Waals surface area contributed by atoms with Gasteiger partial charge in [-0.05, 0) is 59.9 Å². The molecule has 4 rings (SSSR count). The summed E-state index contributed by atoms with van der Waals surface area (Å²) in [5, 5.41) is 22.4. The van der Waals surface area contributed by atoms with Crippen molar-refractivity contribution in [3.05, 3.63) is 107 Å². The molecule has 0 aliphatic rings. The summed E-state index contributed by atoms with van der Waals surface area (Å²) >= 11 is 0. The van der Waals surface area contributed by atoms with Crippen molar-refractivity contribution in [2.75, 3.05) is 7.11 Å². The number of carboxylic acid groups (broad SMARTS) is 1. The van der Waals surface area contributed by atoms with Crippen LogP contribution in [0.15, 0.2) is 78.9 Å². The van der Waals surface area contributed by atoms with Crippen LogP contribution in [0.5, 0.6) is 5.75 Å². The predicted octanol–water partition coefficient (Wildman–Crippen LogP) is 3.94. The molecule has 37 heavy (non-hydrogen) atoms. The predicted molar refractivity (Wildman–Crippen MR) is 138 cm³/mol. The number of aromatic nitrogens is 1. The van der Waals surface area contributed by atoms with Crippen LogP contribution < -0.4 is 5.32 Å². The number of nitrogens with zero attached hydrogens (tertiary/aromatic N) is 1. The van der Waals surface area contributed by atoms with Crippen molar-refractivity contribution in [2.24, 2.45) is 0 Å². The molecule has 8 nitrogen and oxygen atoms in total. The number of esters is 1. The van der Waals surface area contributed by atoms with Gasteiger partial charge in [0.25, 0.3) is 5.91 Å². The highest BCUT2D eigenvalue weighted by molar-refractivity contribution is 6.06. The van der Waals surface area contributed by atoms with Gasteiger partial charge in [-0.3, -0.25) is 4.79 Å². The molecule has 4 aromatic rings. The number of hydrogen-bond donors (Lipinski definition) is 3. The van der Waals surface area contributed by atoms with E-state index >= 15 is 0 Å². The molecule has 0 saturated carbocycles. The Labute approximate surface area is 213 Å². The summed E-state index contributed by atoms with van der Waals surface area (Å²) in [6.45, 7) is 0. The van der Waals surface area contributed by atoms with Gasteiger partial charge in [0.2, 0.25) is 0 Å². The minimum atomic E-state index is -1.18. The van der Waals surface area contributed by atoms with Gasteiger partial charge in [-0.25, -0.2) is 14.6 Å². The van der Waals surface area contributed by atoms with E-state index in [1.54, 1.807) is 24.3 Å². The van der Waals surface area contributed by atoms with E-state index in [2.05, 4.69) is 10.3 Å². The number of aromatic carboxylic acids is 1. The largest absolute Gasteiger partial charge is 0.508 e. The number of amides is 1. The lowest BCUT2D eigenvalue weighted by Crippen LogP contribution is -2.43. The average molecular weight is 499 g/mol. The zero-order valence-electron chi connectivity index (χ0n) is 20.2. The van der Waals surface area contributed by atoms with Gasteiger partial charge in [-0.2, -0.15) is 0 Å². The van der Waals surface area contributed by atoms with Crippen LogP contribution in [0.25, 0.3) is 10.9 Å². The highest BCUT2D eigenvalue weighted by Crippen LogP contribution is 2.22. The normalized spacial score (nSPS) is 11.6. The average Bonchev–Trinajstić information content (AvgIpc) is 2.91. The van der Waals surface area contributed by atoms with Gasteiger partial charge >= 0.3 is 11.9 Å². The number of carbonyl (C=O) groups excluding carboxylic acids is 2. The van der Waals surface area contributed by atoms with Crippen LogP contribution in [0.4, 0.5) is 0 Å². The van der Waals surface area contributed by atoms with E-state index in [-0.39, 0.29) is 23.4 Å². The number of nitrogens with one attached hydrogen (secondary N) is 1. The first-order chi connectivity index (χ1) is 17.8. The van der Waals surface area contributed by atoms with Crippen molar-refractivity contribution in [1.82, 2.24) is 10.3 Å². The number of phenolic OH excluding ortho intramolecular Hbond substituents is 1. The third-order valence-electron chi connectivity index (χ3n) is 6.05. The number of phenols is 1. The molecule has 8 heteroatoms. The van der Waals surface area contributed by atoms with E-state index in [1.807, 2.05) is 36.4 Å². The molecule has 0 unspecified atom stereocenters. The molecule has 0 bridgehead atoms. The van der Waals surface area contributed by atoms with E-state index < -0.39 is 23.9 Å². The van der Waals surface area contributed by atoms with Gasteiger partial charge in [0.1, 0.15) is 17.5 Å². The Morgan fingerprint density at radius 2 is 1.57 bits per heavy atom. The van der Waals surface area contributed by atoms with Gasteiger partial charge in [-0.15, -0.1) is 0 Å². The summed E-state index contributed by atoms with van der Waals surface area (Å²) in [5.41, 5.74) is 3.01. The molecule has 3 aromatic carbocycles. The van der Waals surface area contributed by atoms with Crippen LogP contribution in [-0.2, 0) is 28.8 Å². The number of hydrogen-bond acceptors (Lipinski definition) is 6. The zero-order chi connectivity index (χ0) is 26.4. The molecule has 0 aliphatic carbocycles. The number of aryl methyl sites for hydroxylation is 2. The summed E-state index contributed by atoms with van der Waals surface area (Å²) in [5.74, 6) is -2.47. The number of carbonyl (C=O) groups is 3. The Hall–Kier alpha value is -4.72. The lowest BCUT2D eigenvalue weighted by Gasteiger charge is -2.17. The SMILES string of the molecule is COC(=O)[C@H](Cc1ccc(O)cc1)NC(=O)c1cc(C(=O)O)c2cc(CCc3ccccc3)ccc2n1. The maximum absolute atomic E-state index is 13.1. The molecule has 0 radical (unpaired) electrons. The molecule has 3 N–H and O–H groups in total. The van der Waals surface area contributed by atoms with Crippen LogP contribution in [0.1, 0.15) is 37.5 Å². The summed E-state index contributed by atoms with van der Waals surface area (Å²) < 4.78 is 4.83. The summed E-state index contributed by atoms with van der Waals surface area (Å²) in [7, 11) is 1.21. The number of fused-ring (bicyclic) bond motifs is 1. The van der Waals surface area contributed by atoms with Crippen molar-refractivity contribution in [1.29, 1.82) is 0 Å².